The SMILES string of the molecule is O=C1CCCOc2c(F)cccc21. The molecule has 0 atom stereocenters. The molecule has 0 radical (unpaired) electrons. The first-order valence-corrected chi connectivity index (χ1v) is 4.23. The van der Waals surface area contributed by atoms with Crippen LogP contribution in [0.25, 0.3) is 0 Å². The minimum atomic E-state index is -0.451. The highest BCUT2D eigenvalue weighted by atomic mass is 19.1. The van der Waals surface area contributed by atoms with Crippen LogP contribution in [0.5, 0.6) is 5.75 Å². The third-order valence-electron chi connectivity index (χ3n) is 2.06. The molecule has 0 saturated heterocycles. The predicted octanol–water partition coefficient (Wildman–Crippen LogP) is 2.18. The first-order valence-electron chi connectivity index (χ1n) is 4.23. The van der Waals surface area contributed by atoms with E-state index in [1.54, 1.807) is 6.07 Å². The van der Waals surface area contributed by atoms with E-state index in [4.69, 9.17) is 4.74 Å². The third kappa shape index (κ3) is 1.41. The van der Waals surface area contributed by atoms with Crippen molar-refractivity contribution in [3.8, 4) is 5.75 Å². The summed E-state index contributed by atoms with van der Waals surface area (Å²) in [5, 5.41) is 0. The van der Waals surface area contributed by atoms with Crippen molar-refractivity contribution in [1.29, 1.82) is 0 Å². The van der Waals surface area contributed by atoms with Gasteiger partial charge in [-0.05, 0) is 18.6 Å². The third-order valence-corrected chi connectivity index (χ3v) is 2.06. The van der Waals surface area contributed by atoms with Crippen LogP contribution in [0.3, 0.4) is 0 Å². The lowest BCUT2D eigenvalue weighted by atomic mass is 10.1. The van der Waals surface area contributed by atoms with Gasteiger partial charge in [-0.25, -0.2) is 4.39 Å². The number of hydrogen-bond donors (Lipinski definition) is 0. The smallest absolute Gasteiger partial charge is 0.166 e. The van der Waals surface area contributed by atoms with Gasteiger partial charge in [0.2, 0.25) is 0 Å². The van der Waals surface area contributed by atoms with Crippen LogP contribution < -0.4 is 4.74 Å². The molecule has 0 unspecified atom stereocenters. The van der Waals surface area contributed by atoms with Gasteiger partial charge in [0.1, 0.15) is 0 Å². The summed E-state index contributed by atoms with van der Waals surface area (Å²) in [6.45, 7) is 0.416. The van der Waals surface area contributed by atoms with Crippen molar-refractivity contribution in [2.45, 2.75) is 12.8 Å². The van der Waals surface area contributed by atoms with Crippen LogP contribution in [0.1, 0.15) is 23.2 Å². The van der Waals surface area contributed by atoms with E-state index in [9.17, 15) is 9.18 Å². The van der Waals surface area contributed by atoms with Gasteiger partial charge in [0, 0.05) is 6.42 Å². The van der Waals surface area contributed by atoms with E-state index in [1.165, 1.54) is 12.1 Å². The van der Waals surface area contributed by atoms with Crippen molar-refractivity contribution >= 4 is 5.78 Å². The molecule has 0 aliphatic carbocycles. The summed E-state index contributed by atoms with van der Waals surface area (Å²) in [4.78, 5) is 11.4. The maximum absolute atomic E-state index is 13.1. The van der Waals surface area contributed by atoms with Crippen molar-refractivity contribution in [3.63, 3.8) is 0 Å². The molecular weight excluding hydrogens is 171 g/mol. The number of rotatable bonds is 0. The van der Waals surface area contributed by atoms with Crippen LogP contribution >= 0.6 is 0 Å². The number of carbonyl (C=O) groups is 1. The highest BCUT2D eigenvalue weighted by Gasteiger charge is 2.19. The fourth-order valence-corrected chi connectivity index (χ4v) is 1.42. The average Bonchev–Trinajstić information content (AvgIpc) is 2.30. The van der Waals surface area contributed by atoms with Gasteiger partial charge in [0.25, 0.3) is 0 Å². The fraction of sp³-hybridized carbons (Fsp3) is 0.300. The molecule has 1 aromatic carbocycles. The van der Waals surface area contributed by atoms with Crippen molar-refractivity contribution in [1.82, 2.24) is 0 Å². The Morgan fingerprint density at radius 3 is 3.08 bits per heavy atom. The Kier molecular flexibility index (Phi) is 2.00. The summed E-state index contributed by atoms with van der Waals surface area (Å²) in [5.74, 6) is -0.371. The number of hydrogen-bond acceptors (Lipinski definition) is 2. The monoisotopic (exact) mass is 180 g/mol. The summed E-state index contributed by atoms with van der Waals surface area (Å²) in [6.07, 6.45) is 1.10. The van der Waals surface area contributed by atoms with E-state index < -0.39 is 5.82 Å². The number of Topliss-reactive ketones (excluding diaryl/α,β-unsaturated/α-hetero) is 1. The second kappa shape index (κ2) is 3.17. The van der Waals surface area contributed by atoms with E-state index in [-0.39, 0.29) is 11.5 Å². The maximum atomic E-state index is 13.1. The minimum Gasteiger partial charge on any atom is -0.490 e. The number of ether oxygens (including phenoxy) is 1. The largest absolute Gasteiger partial charge is 0.490 e. The van der Waals surface area contributed by atoms with Gasteiger partial charge in [0.05, 0.1) is 12.2 Å². The fourth-order valence-electron chi connectivity index (χ4n) is 1.42. The number of fused-ring (bicyclic) bond motifs is 1. The van der Waals surface area contributed by atoms with Crippen LogP contribution in [-0.4, -0.2) is 12.4 Å². The molecule has 1 aliphatic rings. The molecular formula is C10H9FO2. The first-order chi connectivity index (χ1) is 6.29. The summed E-state index contributed by atoms with van der Waals surface area (Å²) in [6, 6.07) is 4.43. The molecule has 0 amide bonds. The maximum Gasteiger partial charge on any atom is 0.166 e. The predicted molar refractivity (Wildman–Crippen MR) is 45.5 cm³/mol. The molecule has 3 heteroatoms. The number of benzene rings is 1. The lowest BCUT2D eigenvalue weighted by Gasteiger charge is -2.05. The lowest BCUT2D eigenvalue weighted by Crippen LogP contribution is -1.99. The molecule has 0 saturated carbocycles. The quantitative estimate of drug-likeness (QED) is 0.611. The summed E-state index contributed by atoms with van der Waals surface area (Å²) in [7, 11) is 0. The van der Waals surface area contributed by atoms with E-state index in [2.05, 4.69) is 0 Å². The number of halogens is 1. The Balaban J connectivity index is 2.54. The van der Waals surface area contributed by atoms with E-state index in [0.717, 1.165) is 0 Å². The zero-order chi connectivity index (χ0) is 9.26. The average molecular weight is 180 g/mol. The van der Waals surface area contributed by atoms with Gasteiger partial charge < -0.3 is 4.74 Å². The Morgan fingerprint density at radius 1 is 1.38 bits per heavy atom. The normalized spacial score (nSPS) is 15.9. The molecule has 1 aliphatic heterocycles. The molecule has 68 valence electrons. The molecule has 2 rings (SSSR count). The van der Waals surface area contributed by atoms with Crippen LogP contribution in [-0.2, 0) is 0 Å². The molecule has 0 N–H and O–H groups in total. The Bertz CT molecular complexity index is 347. The topological polar surface area (TPSA) is 26.3 Å². The summed E-state index contributed by atoms with van der Waals surface area (Å²) < 4.78 is 18.3. The van der Waals surface area contributed by atoms with Crippen molar-refractivity contribution in [2.75, 3.05) is 6.61 Å². The second-order valence-electron chi connectivity index (χ2n) is 2.99. The molecule has 1 aromatic rings. The highest BCUT2D eigenvalue weighted by Crippen LogP contribution is 2.26. The second-order valence-corrected chi connectivity index (χ2v) is 2.99. The van der Waals surface area contributed by atoms with Crippen LogP contribution in [0.4, 0.5) is 4.39 Å². The van der Waals surface area contributed by atoms with E-state index in [1.807, 2.05) is 0 Å². The molecule has 0 spiro atoms. The van der Waals surface area contributed by atoms with Gasteiger partial charge in [-0.15, -0.1) is 0 Å². The van der Waals surface area contributed by atoms with Crippen molar-refractivity contribution < 1.29 is 13.9 Å². The van der Waals surface area contributed by atoms with Crippen molar-refractivity contribution in [3.05, 3.63) is 29.6 Å². The number of ketones is 1. The van der Waals surface area contributed by atoms with Gasteiger partial charge in [0.15, 0.2) is 17.3 Å². The Hall–Kier alpha value is -1.38. The molecule has 13 heavy (non-hydrogen) atoms. The minimum absolute atomic E-state index is 0.0352. The van der Waals surface area contributed by atoms with E-state index in [0.29, 0.717) is 25.0 Å². The number of carbonyl (C=O) groups excluding carboxylic acids is 1. The Labute approximate surface area is 75.3 Å². The molecule has 2 nitrogen and oxygen atoms in total. The van der Waals surface area contributed by atoms with Crippen LogP contribution in [0.2, 0.25) is 0 Å². The molecule has 0 aromatic heterocycles. The van der Waals surface area contributed by atoms with Crippen LogP contribution in [0, 0.1) is 5.82 Å². The zero-order valence-electron chi connectivity index (χ0n) is 7.05. The number of para-hydroxylation sites is 1. The highest BCUT2D eigenvalue weighted by molar-refractivity contribution is 5.98. The molecule has 1 heterocycles. The Morgan fingerprint density at radius 2 is 2.23 bits per heavy atom. The van der Waals surface area contributed by atoms with Gasteiger partial charge in [-0.3, -0.25) is 4.79 Å². The zero-order valence-corrected chi connectivity index (χ0v) is 7.05. The summed E-state index contributed by atoms with van der Waals surface area (Å²) in [5.41, 5.74) is 0.373. The lowest BCUT2D eigenvalue weighted by molar-refractivity contribution is 0.0983. The van der Waals surface area contributed by atoms with Crippen LogP contribution in [0.15, 0.2) is 18.2 Å². The van der Waals surface area contributed by atoms with E-state index >= 15 is 0 Å². The van der Waals surface area contributed by atoms with Gasteiger partial charge >= 0.3 is 0 Å². The molecule has 0 fully saturated rings. The van der Waals surface area contributed by atoms with Gasteiger partial charge in [-0.1, -0.05) is 6.07 Å². The molecule has 0 bridgehead atoms. The standard InChI is InChI=1S/C10H9FO2/c11-8-4-1-3-7-9(12)5-2-6-13-10(7)8/h1,3-4H,2,5-6H2. The summed E-state index contributed by atoms with van der Waals surface area (Å²) >= 11 is 0. The van der Waals surface area contributed by atoms with Gasteiger partial charge in [-0.2, -0.15) is 0 Å². The first kappa shape index (κ1) is 8.23. The van der Waals surface area contributed by atoms with Crippen molar-refractivity contribution in [2.24, 2.45) is 0 Å².